The van der Waals surface area contributed by atoms with Gasteiger partial charge in [-0.05, 0) is 36.1 Å². The van der Waals surface area contributed by atoms with Gasteiger partial charge in [0.25, 0.3) is 0 Å². The Kier molecular flexibility index (Phi) is 5.96. The maximum atomic E-state index is 12.8. The molecular formula is C20H20ClF3N2OS. The van der Waals surface area contributed by atoms with Crippen molar-refractivity contribution in [3.8, 4) is 0 Å². The quantitative estimate of drug-likeness (QED) is 0.773. The number of allylic oxidation sites excluding steroid dienone is 3. The zero-order valence-electron chi connectivity index (χ0n) is 14.9. The summed E-state index contributed by atoms with van der Waals surface area (Å²) in [6.07, 6.45) is 4.70. The van der Waals surface area contributed by atoms with E-state index in [9.17, 15) is 18.0 Å². The minimum Gasteiger partial charge on any atom is -0.352 e. The highest BCUT2D eigenvalue weighted by Crippen LogP contribution is 2.52. The van der Waals surface area contributed by atoms with Gasteiger partial charge < -0.3 is 5.32 Å². The third-order valence-corrected chi connectivity index (χ3v) is 7.11. The largest absolute Gasteiger partial charge is 0.416 e. The van der Waals surface area contributed by atoms with Crippen LogP contribution in [0.4, 0.5) is 13.2 Å². The van der Waals surface area contributed by atoms with Crippen LogP contribution >= 0.6 is 24.2 Å². The summed E-state index contributed by atoms with van der Waals surface area (Å²) in [4.78, 5) is 17.4. The second kappa shape index (κ2) is 7.95. The van der Waals surface area contributed by atoms with Crippen LogP contribution in [0.1, 0.15) is 17.5 Å². The zero-order chi connectivity index (χ0) is 19.1. The molecule has 150 valence electrons. The predicted octanol–water partition coefficient (Wildman–Crippen LogP) is 4.43. The Hall–Kier alpha value is -1.73. The first kappa shape index (κ1) is 21.0. The van der Waals surface area contributed by atoms with E-state index < -0.39 is 11.7 Å². The number of hydrogen-bond acceptors (Lipinski definition) is 3. The van der Waals surface area contributed by atoms with Crippen LogP contribution in [0.25, 0.3) is 0 Å². The fourth-order valence-corrected chi connectivity index (χ4v) is 5.84. The Labute approximate surface area is 172 Å². The summed E-state index contributed by atoms with van der Waals surface area (Å²) in [6.45, 7) is 0.956. The van der Waals surface area contributed by atoms with E-state index in [1.165, 1.54) is 12.1 Å². The van der Waals surface area contributed by atoms with Crippen molar-refractivity contribution in [3.05, 3.63) is 59.7 Å². The number of nitrogens with zero attached hydrogens (tertiary/aromatic N) is 1. The zero-order valence-corrected chi connectivity index (χ0v) is 16.5. The van der Waals surface area contributed by atoms with Gasteiger partial charge in [-0.1, -0.05) is 30.4 Å². The van der Waals surface area contributed by atoms with Gasteiger partial charge >= 0.3 is 6.18 Å². The third-order valence-electron chi connectivity index (χ3n) is 5.45. The van der Waals surface area contributed by atoms with E-state index in [0.717, 1.165) is 36.6 Å². The molecule has 0 saturated carbocycles. The number of alkyl halides is 3. The van der Waals surface area contributed by atoms with Gasteiger partial charge in [0.05, 0.1) is 21.9 Å². The van der Waals surface area contributed by atoms with Crippen LogP contribution in [-0.2, 0) is 17.5 Å². The van der Waals surface area contributed by atoms with E-state index in [1.807, 2.05) is 18.2 Å². The van der Waals surface area contributed by atoms with Crippen LogP contribution in [0.5, 0.6) is 0 Å². The molecule has 1 aliphatic carbocycles. The second-order valence-electron chi connectivity index (χ2n) is 7.00. The maximum absolute atomic E-state index is 12.8. The van der Waals surface area contributed by atoms with Crippen molar-refractivity contribution in [1.29, 1.82) is 0 Å². The Morgan fingerprint density at radius 2 is 2.00 bits per heavy atom. The molecule has 2 aliphatic heterocycles. The van der Waals surface area contributed by atoms with Gasteiger partial charge in [-0.3, -0.25) is 9.79 Å². The van der Waals surface area contributed by atoms with Crippen molar-refractivity contribution >= 4 is 35.8 Å². The number of amides is 1. The van der Waals surface area contributed by atoms with Gasteiger partial charge in [0.1, 0.15) is 0 Å². The van der Waals surface area contributed by atoms with Gasteiger partial charge in [-0.25, -0.2) is 0 Å². The summed E-state index contributed by atoms with van der Waals surface area (Å²) in [5.41, 5.74) is 1.02. The molecule has 0 bridgehead atoms. The molecule has 4 rings (SSSR count). The monoisotopic (exact) mass is 428 g/mol. The van der Waals surface area contributed by atoms with Crippen LogP contribution in [0.2, 0.25) is 0 Å². The molecule has 3 aliphatic rings. The third kappa shape index (κ3) is 3.74. The molecule has 1 aromatic rings. The van der Waals surface area contributed by atoms with Crippen LogP contribution in [0.15, 0.2) is 53.6 Å². The van der Waals surface area contributed by atoms with Crippen molar-refractivity contribution in [2.24, 2.45) is 16.8 Å². The minimum atomic E-state index is -4.35. The molecule has 0 aromatic heterocycles. The van der Waals surface area contributed by atoms with Crippen molar-refractivity contribution in [1.82, 2.24) is 5.32 Å². The van der Waals surface area contributed by atoms with Gasteiger partial charge in [0.2, 0.25) is 5.91 Å². The summed E-state index contributed by atoms with van der Waals surface area (Å²) in [6, 6.07) is 4.91. The number of benzene rings is 1. The molecule has 3 unspecified atom stereocenters. The first-order chi connectivity index (χ1) is 12.9. The molecule has 2 heterocycles. The molecule has 1 amide bonds. The Balaban J connectivity index is 0.00000225. The second-order valence-corrected chi connectivity index (χ2v) is 8.30. The topological polar surface area (TPSA) is 41.5 Å². The number of thioether (sulfide) groups is 1. The molecule has 1 aromatic carbocycles. The molecule has 1 fully saturated rings. The van der Waals surface area contributed by atoms with E-state index in [4.69, 9.17) is 0 Å². The number of carbonyl (C=O) groups excluding carboxylic acids is 1. The van der Waals surface area contributed by atoms with Crippen LogP contribution in [-0.4, -0.2) is 28.7 Å². The van der Waals surface area contributed by atoms with E-state index in [-0.39, 0.29) is 41.4 Å². The summed E-state index contributed by atoms with van der Waals surface area (Å²) in [7, 11) is 0. The summed E-state index contributed by atoms with van der Waals surface area (Å²) in [5.74, 6) is 0.768. The summed E-state index contributed by atoms with van der Waals surface area (Å²) >= 11 is 1.77. The van der Waals surface area contributed by atoms with Crippen LogP contribution < -0.4 is 5.32 Å². The lowest BCUT2D eigenvalue weighted by atomic mass is 9.74. The number of aliphatic imine (C=N–C) groups is 1. The average Bonchev–Trinajstić information content (AvgIpc) is 3.04. The van der Waals surface area contributed by atoms with Crippen LogP contribution in [0.3, 0.4) is 0 Å². The van der Waals surface area contributed by atoms with E-state index in [1.54, 1.807) is 11.8 Å². The lowest BCUT2D eigenvalue weighted by Crippen LogP contribution is -2.46. The lowest BCUT2D eigenvalue weighted by Gasteiger charge is -2.38. The van der Waals surface area contributed by atoms with E-state index >= 15 is 0 Å². The minimum absolute atomic E-state index is 0. The van der Waals surface area contributed by atoms with Gasteiger partial charge in [0, 0.05) is 18.8 Å². The molecule has 8 heteroatoms. The Morgan fingerprint density at radius 1 is 1.25 bits per heavy atom. The van der Waals surface area contributed by atoms with E-state index in [2.05, 4.69) is 16.4 Å². The maximum Gasteiger partial charge on any atom is 0.416 e. The Morgan fingerprint density at radius 3 is 2.71 bits per heavy atom. The number of nitrogens with one attached hydrogen (secondary N) is 1. The SMILES string of the molecule is Cl.O=C(NCc1ccc(C(F)(F)F)cc1)C1CSC23C=CC=CC2=NCCC13. The molecule has 3 atom stereocenters. The van der Waals surface area contributed by atoms with E-state index in [0.29, 0.717) is 5.56 Å². The van der Waals surface area contributed by atoms with Gasteiger partial charge in [-0.15, -0.1) is 24.2 Å². The fraction of sp³-hybridized carbons (Fsp3) is 0.400. The standard InChI is InChI=1S/C20H19F3N2OS.ClH/c21-20(22,23)14-6-4-13(5-7-14)11-25-18(26)15-12-27-19-9-2-1-3-17(19)24-10-8-16(15)19;/h1-7,9,15-16H,8,10-12H2,(H,25,26);1H. The molecule has 28 heavy (non-hydrogen) atoms. The normalized spacial score (nSPS) is 28.0. The van der Waals surface area contributed by atoms with Crippen molar-refractivity contribution in [2.45, 2.75) is 23.9 Å². The summed E-state index contributed by atoms with van der Waals surface area (Å²) < 4.78 is 37.7. The molecule has 1 saturated heterocycles. The molecule has 3 nitrogen and oxygen atoms in total. The summed E-state index contributed by atoms with van der Waals surface area (Å²) in [5, 5.41) is 2.91. The molecule has 1 spiro atoms. The highest BCUT2D eigenvalue weighted by Gasteiger charge is 2.53. The first-order valence-corrected chi connectivity index (χ1v) is 9.87. The van der Waals surface area contributed by atoms with Crippen LogP contribution in [0, 0.1) is 11.8 Å². The first-order valence-electron chi connectivity index (χ1n) is 8.89. The lowest BCUT2D eigenvalue weighted by molar-refractivity contribution is -0.137. The van der Waals surface area contributed by atoms with Crippen molar-refractivity contribution < 1.29 is 18.0 Å². The molecule has 1 N–H and O–H groups in total. The Bertz CT molecular complexity index is 835. The molecule has 0 radical (unpaired) electrons. The number of rotatable bonds is 3. The predicted molar refractivity (Wildman–Crippen MR) is 108 cm³/mol. The number of hydrogen-bond donors (Lipinski definition) is 1. The number of halogens is 4. The number of carbonyl (C=O) groups is 1. The van der Waals surface area contributed by atoms with Crippen molar-refractivity contribution in [3.63, 3.8) is 0 Å². The average molecular weight is 429 g/mol. The molecular weight excluding hydrogens is 409 g/mol. The van der Waals surface area contributed by atoms with Crippen molar-refractivity contribution in [2.75, 3.05) is 12.3 Å². The van der Waals surface area contributed by atoms with Gasteiger partial charge in [-0.2, -0.15) is 13.2 Å². The fourth-order valence-electron chi connectivity index (χ4n) is 4.05. The smallest absolute Gasteiger partial charge is 0.352 e. The van der Waals surface area contributed by atoms with Gasteiger partial charge in [0.15, 0.2) is 0 Å². The highest BCUT2D eigenvalue weighted by molar-refractivity contribution is 8.02. The highest BCUT2D eigenvalue weighted by atomic mass is 35.5.